The molecule has 0 spiro atoms. The predicted molar refractivity (Wildman–Crippen MR) is 111 cm³/mol. The third kappa shape index (κ3) is 4.50. The molecule has 0 unspecified atom stereocenters. The van der Waals surface area contributed by atoms with Crippen LogP contribution in [0.5, 0.6) is 0 Å². The molecule has 146 valence electrons. The summed E-state index contributed by atoms with van der Waals surface area (Å²) in [6.07, 6.45) is 0.0586. The first-order valence-electron chi connectivity index (χ1n) is 9.61. The molecule has 4 nitrogen and oxygen atoms in total. The first-order valence-corrected chi connectivity index (χ1v) is 9.61. The number of oxazole rings is 1. The molecule has 0 fully saturated rings. The number of benzene rings is 2. The van der Waals surface area contributed by atoms with E-state index < -0.39 is 0 Å². The van der Waals surface area contributed by atoms with Crippen LogP contribution in [0.1, 0.15) is 44.6 Å². The lowest BCUT2D eigenvalue weighted by atomic mass is 9.86. The van der Waals surface area contributed by atoms with Crippen molar-refractivity contribution in [3.8, 4) is 22.7 Å². The average Bonchev–Trinajstić information content (AvgIpc) is 3.05. The molecule has 0 aliphatic heterocycles. The Bertz CT molecular complexity index is 945. The van der Waals surface area contributed by atoms with Crippen LogP contribution in [0.15, 0.2) is 52.9 Å². The van der Waals surface area contributed by atoms with E-state index in [9.17, 15) is 4.79 Å². The van der Waals surface area contributed by atoms with E-state index in [1.54, 1.807) is 6.92 Å². The first-order chi connectivity index (χ1) is 13.3. The topological polar surface area (TPSA) is 52.3 Å². The fourth-order valence-corrected chi connectivity index (χ4v) is 2.99. The van der Waals surface area contributed by atoms with Crippen LogP contribution in [0.2, 0.25) is 0 Å². The van der Waals surface area contributed by atoms with Crippen LogP contribution in [-0.4, -0.2) is 17.6 Å². The second-order valence-corrected chi connectivity index (χ2v) is 7.97. The van der Waals surface area contributed by atoms with Gasteiger partial charge in [0.25, 0.3) is 0 Å². The summed E-state index contributed by atoms with van der Waals surface area (Å²) in [7, 11) is 0. The van der Waals surface area contributed by atoms with E-state index >= 15 is 0 Å². The molecule has 0 radical (unpaired) electrons. The highest BCUT2D eigenvalue weighted by Gasteiger charge is 2.20. The Balaban J connectivity index is 2.02. The molecule has 4 heteroatoms. The van der Waals surface area contributed by atoms with Gasteiger partial charge in [-0.3, -0.25) is 4.79 Å². The van der Waals surface area contributed by atoms with Crippen LogP contribution in [0.3, 0.4) is 0 Å². The van der Waals surface area contributed by atoms with Crippen molar-refractivity contribution in [2.45, 2.75) is 46.5 Å². The minimum absolute atomic E-state index is 0.0586. The van der Waals surface area contributed by atoms with E-state index in [4.69, 9.17) is 14.1 Å². The van der Waals surface area contributed by atoms with Gasteiger partial charge >= 0.3 is 5.97 Å². The second kappa shape index (κ2) is 8.01. The summed E-state index contributed by atoms with van der Waals surface area (Å²) < 4.78 is 11.1. The van der Waals surface area contributed by atoms with Crippen molar-refractivity contribution >= 4 is 5.97 Å². The van der Waals surface area contributed by atoms with Crippen molar-refractivity contribution in [1.29, 1.82) is 0 Å². The van der Waals surface area contributed by atoms with Gasteiger partial charge in [0, 0.05) is 11.1 Å². The molecule has 0 amide bonds. The molecule has 1 heterocycles. The number of nitrogens with zero attached hydrogens (tertiary/aromatic N) is 1. The molecule has 28 heavy (non-hydrogen) atoms. The minimum atomic E-state index is -0.318. The Kier molecular flexibility index (Phi) is 5.68. The van der Waals surface area contributed by atoms with E-state index in [1.807, 2.05) is 43.3 Å². The van der Waals surface area contributed by atoms with Gasteiger partial charge in [-0.2, -0.15) is 0 Å². The second-order valence-electron chi connectivity index (χ2n) is 7.97. The fraction of sp³-hybridized carbons (Fsp3) is 0.333. The highest BCUT2D eigenvalue weighted by atomic mass is 16.5. The van der Waals surface area contributed by atoms with E-state index in [0.717, 1.165) is 11.1 Å². The van der Waals surface area contributed by atoms with Crippen LogP contribution in [-0.2, 0) is 21.4 Å². The number of aryl methyl sites for hydroxylation is 1. The van der Waals surface area contributed by atoms with E-state index in [0.29, 0.717) is 24.0 Å². The smallest absolute Gasteiger partial charge is 0.313 e. The molecule has 2 aromatic carbocycles. The molecular weight excluding hydrogens is 350 g/mol. The van der Waals surface area contributed by atoms with Gasteiger partial charge < -0.3 is 9.15 Å². The Morgan fingerprint density at radius 3 is 2.18 bits per heavy atom. The van der Waals surface area contributed by atoms with Crippen LogP contribution in [0.25, 0.3) is 22.7 Å². The third-order valence-electron chi connectivity index (χ3n) is 4.63. The van der Waals surface area contributed by atoms with E-state index in [-0.39, 0.29) is 17.8 Å². The average molecular weight is 377 g/mol. The maximum atomic E-state index is 12.1. The standard InChI is InChI=1S/C24H27NO3/c1-6-27-21(26)15-20-22(17-11-13-19(14-12-17)24(3,4)5)25-23(28-20)18-9-7-16(2)8-10-18/h7-14H,6,15H2,1-5H3. The van der Waals surface area contributed by atoms with Crippen molar-refractivity contribution in [2.24, 2.45) is 0 Å². The lowest BCUT2D eigenvalue weighted by molar-refractivity contribution is -0.142. The molecule has 0 atom stereocenters. The summed E-state index contributed by atoms with van der Waals surface area (Å²) in [5, 5.41) is 0. The number of esters is 1. The van der Waals surface area contributed by atoms with Crippen molar-refractivity contribution in [3.05, 3.63) is 65.4 Å². The molecule has 0 saturated carbocycles. The summed E-state index contributed by atoms with van der Waals surface area (Å²) >= 11 is 0. The summed E-state index contributed by atoms with van der Waals surface area (Å²) in [6, 6.07) is 16.2. The Labute approximate surface area is 166 Å². The van der Waals surface area contributed by atoms with Crippen molar-refractivity contribution < 1.29 is 13.9 Å². The molecule has 0 saturated heterocycles. The summed E-state index contributed by atoms with van der Waals surface area (Å²) in [5.41, 5.74) is 4.97. The molecule has 3 rings (SSSR count). The molecule has 3 aromatic rings. The number of hydrogen-bond acceptors (Lipinski definition) is 4. The largest absolute Gasteiger partial charge is 0.466 e. The summed E-state index contributed by atoms with van der Waals surface area (Å²) in [5.74, 6) is 0.716. The normalized spacial score (nSPS) is 11.5. The number of ether oxygens (including phenoxy) is 1. The molecule has 0 aliphatic rings. The number of aromatic nitrogens is 1. The maximum Gasteiger partial charge on any atom is 0.313 e. The van der Waals surface area contributed by atoms with Gasteiger partial charge in [0.2, 0.25) is 5.89 Å². The summed E-state index contributed by atoms with van der Waals surface area (Å²) in [6.45, 7) is 10.7. The van der Waals surface area contributed by atoms with Crippen LogP contribution < -0.4 is 0 Å². The van der Waals surface area contributed by atoms with Crippen LogP contribution in [0, 0.1) is 6.92 Å². The summed E-state index contributed by atoms with van der Waals surface area (Å²) in [4.78, 5) is 16.8. The lowest BCUT2D eigenvalue weighted by Crippen LogP contribution is -2.10. The lowest BCUT2D eigenvalue weighted by Gasteiger charge is -2.19. The van der Waals surface area contributed by atoms with Gasteiger partial charge in [0.15, 0.2) is 0 Å². The fourth-order valence-electron chi connectivity index (χ4n) is 2.99. The minimum Gasteiger partial charge on any atom is -0.466 e. The van der Waals surface area contributed by atoms with Gasteiger partial charge in [-0.15, -0.1) is 0 Å². The molecule has 0 bridgehead atoms. The van der Waals surface area contributed by atoms with Crippen molar-refractivity contribution in [3.63, 3.8) is 0 Å². The molecule has 0 aliphatic carbocycles. The maximum absolute atomic E-state index is 12.1. The zero-order chi connectivity index (χ0) is 20.3. The quantitative estimate of drug-likeness (QED) is 0.534. The third-order valence-corrected chi connectivity index (χ3v) is 4.63. The van der Waals surface area contributed by atoms with E-state index in [2.05, 4.69) is 32.9 Å². The van der Waals surface area contributed by atoms with E-state index in [1.165, 1.54) is 11.1 Å². The van der Waals surface area contributed by atoms with Gasteiger partial charge in [0.05, 0.1) is 6.61 Å². The monoisotopic (exact) mass is 377 g/mol. The number of rotatable bonds is 5. The first kappa shape index (κ1) is 19.9. The molecular formula is C24H27NO3. The molecule has 0 N–H and O–H groups in total. The Morgan fingerprint density at radius 2 is 1.61 bits per heavy atom. The van der Waals surface area contributed by atoms with Gasteiger partial charge in [0.1, 0.15) is 17.9 Å². The van der Waals surface area contributed by atoms with Gasteiger partial charge in [-0.25, -0.2) is 4.98 Å². The highest BCUT2D eigenvalue weighted by Crippen LogP contribution is 2.31. The van der Waals surface area contributed by atoms with Crippen LogP contribution >= 0.6 is 0 Å². The highest BCUT2D eigenvalue weighted by molar-refractivity contribution is 5.76. The molecule has 1 aromatic heterocycles. The van der Waals surface area contributed by atoms with Crippen LogP contribution in [0.4, 0.5) is 0 Å². The number of carbonyl (C=O) groups excluding carboxylic acids is 1. The zero-order valence-electron chi connectivity index (χ0n) is 17.2. The zero-order valence-corrected chi connectivity index (χ0v) is 17.2. The van der Waals surface area contributed by atoms with Gasteiger partial charge in [-0.05, 0) is 37.0 Å². The van der Waals surface area contributed by atoms with Crippen molar-refractivity contribution in [2.75, 3.05) is 6.61 Å². The Hall–Kier alpha value is -2.88. The SMILES string of the molecule is CCOC(=O)Cc1oc(-c2ccc(C)cc2)nc1-c1ccc(C(C)(C)C)cc1. The number of hydrogen-bond donors (Lipinski definition) is 0. The number of carbonyl (C=O) groups is 1. The van der Waals surface area contributed by atoms with Gasteiger partial charge in [-0.1, -0.05) is 62.7 Å². The Morgan fingerprint density at radius 1 is 1.00 bits per heavy atom. The predicted octanol–water partition coefficient (Wildman–Crippen LogP) is 5.72. The van der Waals surface area contributed by atoms with Crippen molar-refractivity contribution in [1.82, 2.24) is 4.98 Å².